The van der Waals surface area contributed by atoms with Gasteiger partial charge in [0.2, 0.25) is 10.0 Å². The van der Waals surface area contributed by atoms with E-state index in [1.165, 1.54) is 28.6 Å². The van der Waals surface area contributed by atoms with Crippen LogP contribution in [0.2, 0.25) is 5.02 Å². The summed E-state index contributed by atoms with van der Waals surface area (Å²) in [5.74, 6) is 0. The van der Waals surface area contributed by atoms with Gasteiger partial charge in [-0.1, -0.05) is 17.7 Å². The lowest BCUT2D eigenvalue weighted by Gasteiger charge is -2.33. The van der Waals surface area contributed by atoms with E-state index in [1.54, 1.807) is 20.8 Å². The van der Waals surface area contributed by atoms with Gasteiger partial charge in [0, 0.05) is 12.1 Å². The minimum atomic E-state index is -3.76. The molecule has 108 valence electrons. The van der Waals surface area contributed by atoms with Crippen molar-refractivity contribution >= 4 is 21.6 Å². The highest BCUT2D eigenvalue weighted by Crippen LogP contribution is 2.29. The first-order valence-corrected chi connectivity index (χ1v) is 7.80. The number of nitrogens with zero attached hydrogens (tertiary/aromatic N) is 2. The standard InChI is InChI=1S/C14H17ClN2O2S/c1-5-8-17(14(2,3)4)20(18,19)13-7-6-11(10-16)9-12(13)15/h5-7,9H,1,8H2,2-4H3. The van der Waals surface area contributed by atoms with E-state index in [2.05, 4.69) is 6.58 Å². The quantitative estimate of drug-likeness (QED) is 0.802. The third-order valence-corrected chi connectivity index (χ3v) is 5.29. The van der Waals surface area contributed by atoms with E-state index in [4.69, 9.17) is 16.9 Å². The second-order valence-corrected chi connectivity index (χ2v) is 7.49. The van der Waals surface area contributed by atoms with Gasteiger partial charge in [0.1, 0.15) is 4.90 Å². The second kappa shape index (κ2) is 5.96. The fourth-order valence-electron chi connectivity index (χ4n) is 1.75. The SMILES string of the molecule is C=CCN(C(C)(C)C)S(=O)(=O)c1ccc(C#N)cc1Cl. The molecule has 1 rings (SSSR count). The maximum Gasteiger partial charge on any atom is 0.245 e. The topological polar surface area (TPSA) is 61.2 Å². The van der Waals surface area contributed by atoms with Gasteiger partial charge >= 0.3 is 0 Å². The van der Waals surface area contributed by atoms with E-state index in [1.807, 2.05) is 6.07 Å². The molecular weight excluding hydrogens is 296 g/mol. The van der Waals surface area contributed by atoms with Crippen LogP contribution in [0.25, 0.3) is 0 Å². The van der Waals surface area contributed by atoms with E-state index >= 15 is 0 Å². The van der Waals surface area contributed by atoms with Crippen molar-refractivity contribution in [2.75, 3.05) is 6.54 Å². The summed E-state index contributed by atoms with van der Waals surface area (Å²) in [4.78, 5) is -0.00468. The van der Waals surface area contributed by atoms with Crippen molar-refractivity contribution in [3.8, 4) is 6.07 Å². The molecule has 0 heterocycles. The maximum absolute atomic E-state index is 12.7. The van der Waals surface area contributed by atoms with Crippen molar-refractivity contribution in [1.29, 1.82) is 5.26 Å². The van der Waals surface area contributed by atoms with Gasteiger partial charge in [0.15, 0.2) is 0 Å². The molecule has 20 heavy (non-hydrogen) atoms. The van der Waals surface area contributed by atoms with E-state index < -0.39 is 15.6 Å². The number of rotatable bonds is 4. The van der Waals surface area contributed by atoms with Crippen LogP contribution in [0.1, 0.15) is 26.3 Å². The summed E-state index contributed by atoms with van der Waals surface area (Å²) in [6, 6.07) is 6.07. The third-order valence-electron chi connectivity index (χ3n) is 2.67. The Morgan fingerprint density at radius 3 is 2.45 bits per heavy atom. The summed E-state index contributed by atoms with van der Waals surface area (Å²) in [7, 11) is -3.76. The second-order valence-electron chi connectivity index (χ2n) is 5.25. The summed E-state index contributed by atoms with van der Waals surface area (Å²) >= 11 is 6.00. The number of halogens is 1. The monoisotopic (exact) mass is 312 g/mol. The first-order chi connectivity index (χ1) is 9.14. The Labute approximate surface area is 125 Å². The van der Waals surface area contributed by atoms with Gasteiger partial charge in [-0.15, -0.1) is 6.58 Å². The number of benzene rings is 1. The van der Waals surface area contributed by atoms with E-state index in [0.29, 0.717) is 5.56 Å². The van der Waals surface area contributed by atoms with Crippen LogP contribution in [0.4, 0.5) is 0 Å². The first-order valence-electron chi connectivity index (χ1n) is 5.98. The van der Waals surface area contributed by atoms with Gasteiger partial charge in [-0.2, -0.15) is 9.57 Å². The van der Waals surface area contributed by atoms with Crippen LogP contribution in [0.5, 0.6) is 0 Å². The molecule has 0 spiro atoms. The number of hydrogen-bond acceptors (Lipinski definition) is 3. The van der Waals surface area contributed by atoms with Crippen LogP contribution in [0, 0.1) is 11.3 Å². The lowest BCUT2D eigenvalue weighted by atomic mass is 10.1. The Morgan fingerprint density at radius 1 is 1.45 bits per heavy atom. The fraction of sp³-hybridized carbons (Fsp3) is 0.357. The highest BCUT2D eigenvalue weighted by molar-refractivity contribution is 7.89. The molecule has 0 aliphatic heterocycles. The smallest absolute Gasteiger partial charge is 0.207 e. The molecule has 0 radical (unpaired) electrons. The molecule has 0 saturated carbocycles. The van der Waals surface area contributed by atoms with Crippen molar-refractivity contribution in [1.82, 2.24) is 4.31 Å². The molecule has 0 aliphatic rings. The third kappa shape index (κ3) is 3.40. The molecule has 0 bridgehead atoms. The number of nitriles is 1. The molecule has 0 atom stereocenters. The molecule has 1 aromatic rings. The van der Waals surface area contributed by atoms with Gasteiger partial charge in [-0.25, -0.2) is 8.42 Å². The van der Waals surface area contributed by atoms with Crippen molar-refractivity contribution < 1.29 is 8.42 Å². The number of hydrogen-bond donors (Lipinski definition) is 0. The van der Waals surface area contributed by atoms with Gasteiger partial charge in [0.05, 0.1) is 16.7 Å². The van der Waals surface area contributed by atoms with Crippen molar-refractivity contribution in [3.05, 3.63) is 41.4 Å². The Morgan fingerprint density at radius 2 is 2.05 bits per heavy atom. The lowest BCUT2D eigenvalue weighted by Crippen LogP contribution is -2.45. The van der Waals surface area contributed by atoms with Gasteiger partial charge in [-0.3, -0.25) is 0 Å². The largest absolute Gasteiger partial charge is 0.245 e. The Balaban J connectivity index is 3.42. The van der Waals surface area contributed by atoms with E-state index in [0.717, 1.165) is 0 Å². The van der Waals surface area contributed by atoms with Crippen LogP contribution < -0.4 is 0 Å². The molecule has 4 nitrogen and oxygen atoms in total. The summed E-state index contributed by atoms with van der Waals surface area (Å²) in [6.45, 7) is 9.16. The van der Waals surface area contributed by atoms with E-state index in [9.17, 15) is 8.42 Å². The lowest BCUT2D eigenvalue weighted by molar-refractivity contribution is 0.270. The van der Waals surface area contributed by atoms with Crippen LogP contribution in [-0.2, 0) is 10.0 Å². The molecule has 0 saturated heterocycles. The minimum absolute atomic E-state index is 0.00468. The normalized spacial score (nSPS) is 12.2. The van der Waals surface area contributed by atoms with Crippen LogP contribution in [0.15, 0.2) is 35.7 Å². The average Bonchev–Trinajstić information content (AvgIpc) is 2.33. The maximum atomic E-state index is 12.7. The Kier molecular flexibility index (Phi) is 4.98. The predicted octanol–water partition coefficient (Wildman–Crippen LogP) is 3.19. The van der Waals surface area contributed by atoms with Gasteiger partial charge < -0.3 is 0 Å². The van der Waals surface area contributed by atoms with Crippen molar-refractivity contribution in [3.63, 3.8) is 0 Å². The predicted molar refractivity (Wildman–Crippen MR) is 80.0 cm³/mol. The van der Waals surface area contributed by atoms with Crippen LogP contribution in [-0.4, -0.2) is 24.8 Å². The average molecular weight is 313 g/mol. The molecule has 0 aromatic heterocycles. The molecule has 0 fully saturated rings. The minimum Gasteiger partial charge on any atom is -0.207 e. The molecular formula is C14H17ClN2O2S. The number of sulfonamides is 1. The zero-order chi connectivity index (χ0) is 15.6. The highest BCUT2D eigenvalue weighted by Gasteiger charge is 2.34. The summed E-state index contributed by atoms with van der Waals surface area (Å²) in [6.07, 6.45) is 1.53. The zero-order valence-electron chi connectivity index (χ0n) is 11.7. The van der Waals surface area contributed by atoms with Crippen LogP contribution in [0.3, 0.4) is 0 Å². The fourth-order valence-corrected chi connectivity index (χ4v) is 4.03. The summed E-state index contributed by atoms with van der Waals surface area (Å²) in [5.41, 5.74) is -0.287. The molecule has 1 aromatic carbocycles. The first kappa shape index (κ1) is 16.7. The Hall–Kier alpha value is -1.35. The van der Waals surface area contributed by atoms with Crippen molar-refractivity contribution in [2.24, 2.45) is 0 Å². The zero-order valence-corrected chi connectivity index (χ0v) is 13.3. The van der Waals surface area contributed by atoms with Gasteiger partial charge in [0.25, 0.3) is 0 Å². The van der Waals surface area contributed by atoms with E-state index in [-0.39, 0.29) is 16.5 Å². The molecule has 0 aliphatic carbocycles. The molecule has 0 unspecified atom stereocenters. The summed E-state index contributed by atoms with van der Waals surface area (Å²) in [5, 5.41) is 8.84. The highest BCUT2D eigenvalue weighted by atomic mass is 35.5. The molecule has 0 N–H and O–H groups in total. The summed E-state index contributed by atoms with van der Waals surface area (Å²) < 4.78 is 26.7. The molecule has 6 heteroatoms. The molecule has 0 amide bonds. The Bertz CT molecular complexity index is 655. The van der Waals surface area contributed by atoms with Crippen LogP contribution >= 0.6 is 11.6 Å². The van der Waals surface area contributed by atoms with Crippen molar-refractivity contribution in [2.45, 2.75) is 31.2 Å². The van der Waals surface area contributed by atoms with Gasteiger partial charge in [-0.05, 0) is 39.0 Å².